The van der Waals surface area contributed by atoms with E-state index in [0.29, 0.717) is 31.5 Å². The summed E-state index contributed by atoms with van der Waals surface area (Å²) in [5, 5.41) is 12.8. The maximum atomic E-state index is 16.0. The lowest BCUT2D eigenvalue weighted by Crippen LogP contribution is -2.68. The van der Waals surface area contributed by atoms with Crippen LogP contribution in [0.2, 0.25) is 0 Å². The highest BCUT2D eigenvalue weighted by atomic mass is 16.7. The summed E-state index contributed by atoms with van der Waals surface area (Å²) in [4.78, 5) is 16.0. The van der Waals surface area contributed by atoms with E-state index in [2.05, 4.69) is 40.3 Å². The Morgan fingerprint density at radius 3 is 2.22 bits per heavy atom. The van der Waals surface area contributed by atoms with Gasteiger partial charge in [-0.1, -0.05) is 113 Å². The zero-order valence-electron chi connectivity index (χ0n) is 28.1. The van der Waals surface area contributed by atoms with Crippen LogP contribution in [0, 0.1) is 51.8 Å². The molecule has 5 aliphatic rings. The minimum atomic E-state index is -1.08. The smallest absolute Gasteiger partial charge is 0.318 e. The Kier molecular flexibility index (Phi) is 8.35. The van der Waals surface area contributed by atoms with Crippen LogP contribution in [0.25, 0.3) is 0 Å². The summed E-state index contributed by atoms with van der Waals surface area (Å²) in [6.07, 6.45) is 7.82. The Balaban J connectivity index is 1.47. The van der Waals surface area contributed by atoms with Crippen molar-refractivity contribution in [2.75, 3.05) is 13.2 Å². The molecule has 1 N–H and O–H groups in total. The minimum Gasteiger partial charge on any atom is -0.452 e. The number of aliphatic hydroxyl groups excluding tert-OH is 1. The third-order valence-electron chi connectivity index (χ3n) is 13.2. The van der Waals surface area contributed by atoms with Gasteiger partial charge in [0.25, 0.3) is 0 Å². The van der Waals surface area contributed by atoms with Gasteiger partial charge in [0.05, 0.1) is 19.3 Å². The van der Waals surface area contributed by atoms with E-state index in [9.17, 15) is 5.11 Å². The molecular weight excluding hydrogens is 572 g/mol. The van der Waals surface area contributed by atoms with Crippen LogP contribution in [0.4, 0.5) is 0 Å². The summed E-state index contributed by atoms with van der Waals surface area (Å²) >= 11 is 0. The number of esters is 1. The van der Waals surface area contributed by atoms with Crippen LogP contribution >= 0.6 is 0 Å². The number of hydrogen-bond acceptors (Lipinski definition) is 5. The van der Waals surface area contributed by atoms with Gasteiger partial charge in [0.15, 0.2) is 12.4 Å². The van der Waals surface area contributed by atoms with Crippen LogP contribution in [0.1, 0.15) is 83.5 Å². The highest BCUT2D eigenvalue weighted by Gasteiger charge is 2.88. The van der Waals surface area contributed by atoms with Gasteiger partial charge in [0, 0.05) is 10.8 Å². The van der Waals surface area contributed by atoms with E-state index in [4.69, 9.17) is 14.2 Å². The third kappa shape index (κ3) is 4.26. The number of carbonyl (C=O) groups is 1. The molecule has 1 saturated heterocycles. The van der Waals surface area contributed by atoms with Crippen molar-refractivity contribution < 1.29 is 24.1 Å². The van der Waals surface area contributed by atoms with Crippen molar-refractivity contribution in [3.05, 3.63) is 96.1 Å². The van der Waals surface area contributed by atoms with E-state index in [1.54, 1.807) is 0 Å². The molecule has 46 heavy (non-hydrogen) atoms. The molecule has 2 aromatic carbocycles. The van der Waals surface area contributed by atoms with E-state index in [1.165, 1.54) is 0 Å². The van der Waals surface area contributed by atoms with Crippen molar-refractivity contribution in [1.82, 2.24) is 0 Å². The predicted octanol–water partition coefficient (Wildman–Crippen LogP) is 8.30. The molecule has 5 heteroatoms. The average molecular weight is 625 g/mol. The van der Waals surface area contributed by atoms with Crippen molar-refractivity contribution in [1.29, 1.82) is 0 Å². The summed E-state index contributed by atoms with van der Waals surface area (Å²) in [5.41, 5.74) is 0.577. The highest BCUT2D eigenvalue weighted by Crippen LogP contribution is 2.85. The van der Waals surface area contributed by atoms with Gasteiger partial charge in [0.2, 0.25) is 0 Å². The minimum absolute atomic E-state index is 0.0345. The fourth-order valence-electron chi connectivity index (χ4n) is 11.4. The lowest BCUT2D eigenvalue weighted by Gasteiger charge is -2.63. The number of fused-ring (bicyclic) bond motifs is 2. The first kappa shape index (κ1) is 31.8. The second-order valence-electron chi connectivity index (χ2n) is 15.3. The van der Waals surface area contributed by atoms with Crippen LogP contribution in [0.15, 0.2) is 85.0 Å². The van der Waals surface area contributed by atoms with Crippen LogP contribution in [-0.2, 0) is 19.0 Å². The quantitative estimate of drug-likeness (QED) is 0.201. The van der Waals surface area contributed by atoms with Gasteiger partial charge in [-0.15, -0.1) is 6.58 Å². The van der Waals surface area contributed by atoms with E-state index < -0.39 is 34.7 Å². The van der Waals surface area contributed by atoms with Crippen LogP contribution in [-0.4, -0.2) is 36.7 Å². The second kappa shape index (κ2) is 12.1. The molecule has 7 rings (SSSR count). The molecule has 5 nitrogen and oxygen atoms in total. The number of carbonyl (C=O) groups excluding carboxylic acids is 1. The fourth-order valence-corrected chi connectivity index (χ4v) is 11.4. The van der Waals surface area contributed by atoms with Crippen molar-refractivity contribution in [3.63, 3.8) is 0 Å². The molecule has 0 radical (unpaired) electrons. The Morgan fingerprint density at radius 2 is 1.65 bits per heavy atom. The topological polar surface area (TPSA) is 65.0 Å². The molecule has 2 aromatic rings. The molecule has 4 bridgehead atoms. The molecule has 246 valence electrons. The lowest BCUT2D eigenvalue weighted by atomic mass is 9.40. The number of rotatable bonds is 11. The molecule has 3 saturated carbocycles. The molecule has 0 aromatic heterocycles. The Hall–Kier alpha value is -2.73. The van der Waals surface area contributed by atoms with Gasteiger partial charge in [-0.3, -0.25) is 4.79 Å². The summed E-state index contributed by atoms with van der Waals surface area (Å²) in [7, 11) is 0. The van der Waals surface area contributed by atoms with Gasteiger partial charge in [-0.05, 0) is 78.7 Å². The van der Waals surface area contributed by atoms with Gasteiger partial charge in [-0.25, -0.2) is 0 Å². The molecule has 9 atom stereocenters. The highest BCUT2D eigenvalue weighted by molar-refractivity contribution is 5.87. The monoisotopic (exact) mass is 624 g/mol. The first-order chi connectivity index (χ1) is 22.3. The van der Waals surface area contributed by atoms with Crippen molar-refractivity contribution >= 4 is 5.97 Å². The first-order valence-corrected chi connectivity index (χ1v) is 17.8. The molecule has 1 heterocycles. The Labute approximate surface area is 275 Å². The maximum Gasteiger partial charge on any atom is 0.318 e. The summed E-state index contributed by atoms with van der Waals surface area (Å²) in [5.74, 6) is 1.21. The molecule has 4 fully saturated rings. The SMILES string of the molecule is C=CC(CC)CC(O)C12C[C@@H]3[C@H](C)CC[C@H]3C3(C4OCCO4)CC1C=C(C(C)C)C23C(=O)OC(c1ccccc1)c1ccccc1. The van der Waals surface area contributed by atoms with Crippen LogP contribution in [0.3, 0.4) is 0 Å². The summed E-state index contributed by atoms with van der Waals surface area (Å²) in [6.45, 7) is 14.1. The van der Waals surface area contributed by atoms with E-state index in [-0.39, 0.29) is 29.6 Å². The lowest BCUT2D eigenvalue weighted by molar-refractivity contribution is -0.255. The predicted molar refractivity (Wildman–Crippen MR) is 179 cm³/mol. The number of ether oxygens (including phenoxy) is 3. The normalized spacial score (nSPS) is 36.1. The zero-order valence-corrected chi connectivity index (χ0v) is 28.1. The molecule has 4 aliphatic carbocycles. The number of hydrogen-bond donors (Lipinski definition) is 1. The van der Waals surface area contributed by atoms with Crippen molar-refractivity contribution in [3.8, 4) is 0 Å². The number of allylic oxidation sites excluding steroid dienone is 2. The fraction of sp³-hybridized carbons (Fsp3) is 0.585. The van der Waals surface area contributed by atoms with Gasteiger partial charge < -0.3 is 19.3 Å². The molecule has 1 aliphatic heterocycles. The average Bonchev–Trinajstić information content (AvgIpc) is 3.85. The number of aliphatic hydroxyl groups is 1. The largest absolute Gasteiger partial charge is 0.452 e. The second-order valence-corrected chi connectivity index (χ2v) is 15.3. The van der Waals surface area contributed by atoms with E-state index in [0.717, 1.165) is 48.8 Å². The van der Waals surface area contributed by atoms with Gasteiger partial charge >= 0.3 is 5.97 Å². The van der Waals surface area contributed by atoms with Gasteiger partial charge in [-0.2, -0.15) is 0 Å². The van der Waals surface area contributed by atoms with Crippen molar-refractivity contribution in [2.45, 2.75) is 84.7 Å². The van der Waals surface area contributed by atoms with Crippen LogP contribution < -0.4 is 0 Å². The number of benzene rings is 2. The molecule has 0 spiro atoms. The molecular formula is C41H52O5. The summed E-state index contributed by atoms with van der Waals surface area (Å²) in [6, 6.07) is 20.2. The summed E-state index contributed by atoms with van der Waals surface area (Å²) < 4.78 is 20.2. The Morgan fingerprint density at radius 1 is 1.02 bits per heavy atom. The maximum absolute atomic E-state index is 16.0. The van der Waals surface area contributed by atoms with Gasteiger partial charge in [0.1, 0.15) is 5.41 Å². The zero-order chi connectivity index (χ0) is 32.3. The van der Waals surface area contributed by atoms with E-state index >= 15 is 4.79 Å². The van der Waals surface area contributed by atoms with Crippen molar-refractivity contribution in [2.24, 2.45) is 51.8 Å². The van der Waals surface area contributed by atoms with Crippen LogP contribution in [0.5, 0.6) is 0 Å². The molecule has 6 unspecified atom stereocenters. The Bertz CT molecular complexity index is 1410. The van der Waals surface area contributed by atoms with E-state index in [1.807, 2.05) is 66.7 Å². The first-order valence-electron chi connectivity index (χ1n) is 17.8. The molecule has 0 amide bonds. The standard InChI is InChI=1S/C41H52O5/c1-6-28(7-2)22-35(42)39-25-32-27(5)18-19-33(32)40(38-44-20-21-45-38)24-31(39)23-34(26(3)4)41(39,40)37(43)46-36(29-14-10-8-11-15-29)30-16-12-9-13-17-30/h6,8-17,23,26-28,31-33,35-36,38,42H,1,7,18-22,24-25H2,2-5H3/t27-,28?,31?,32-,33-,35?,39?,40?,41?/m1/s1. The third-order valence-corrected chi connectivity index (χ3v) is 13.2.